The van der Waals surface area contributed by atoms with Gasteiger partial charge >= 0.3 is 0 Å². The summed E-state index contributed by atoms with van der Waals surface area (Å²) in [6.07, 6.45) is 5.56. The Morgan fingerprint density at radius 1 is 1.29 bits per heavy atom. The molecule has 21 heavy (non-hydrogen) atoms. The summed E-state index contributed by atoms with van der Waals surface area (Å²) in [5.74, 6) is 2.51. The number of hydrogen-bond donors (Lipinski definition) is 1. The number of nitrogens with zero attached hydrogens (tertiary/aromatic N) is 1. The minimum absolute atomic E-state index is 0.296. The smallest absolute Gasteiger partial charge is 0.100 e. The molecule has 0 aromatic carbocycles. The molecular weight excluding hydrogens is 260 g/mol. The van der Waals surface area contributed by atoms with Crippen LogP contribution in [0.15, 0.2) is 24.5 Å². The van der Waals surface area contributed by atoms with E-state index in [-0.39, 0.29) is 0 Å². The van der Waals surface area contributed by atoms with Crippen molar-refractivity contribution < 1.29 is 4.74 Å². The van der Waals surface area contributed by atoms with E-state index in [0.29, 0.717) is 23.8 Å². The second kappa shape index (κ2) is 9.26. The molecule has 3 nitrogen and oxygen atoms in total. The number of allylic oxidation sites excluding steroid dienone is 1. The molecule has 0 radical (unpaired) electrons. The first-order valence-corrected chi connectivity index (χ1v) is 8.38. The van der Waals surface area contributed by atoms with E-state index in [2.05, 4.69) is 50.6 Å². The third kappa shape index (κ3) is 5.15. The molecule has 0 saturated carbocycles. The van der Waals surface area contributed by atoms with Gasteiger partial charge in [0.2, 0.25) is 0 Å². The van der Waals surface area contributed by atoms with Crippen LogP contribution >= 0.6 is 0 Å². The van der Waals surface area contributed by atoms with Gasteiger partial charge in [0, 0.05) is 38.1 Å². The molecule has 0 spiro atoms. The molecule has 1 N–H and O–H groups in total. The number of hydrogen-bond acceptors (Lipinski definition) is 3. The summed E-state index contributed by atoms with van der Waals surface area (Å²) in [6.45, 7) is 17.4. The maximum atomic E-state index is 5.73. The van der Waals surface area contributed by atoms with Gasteiger partial charge in [0.15, 0.2) is 0 Å². The number of methoxy groups -OCH3 is 1. The lowest BCUT2D eigenvalue weighted by atomic mass is 9.89. The Kier molecular flexibility index (Phi) is 8.05. The third-order valence-corrected chi connectivity index (χ3v) is 4.67. The maximum Gasteiger partial charge on any atom is 0.100 e. The van der Waals surface area contributed by atoms with Crippen LogP contribution in [0.25, 0.3) is 0 Å². The molecule has 0 bridgehead atoms. The molecule has 3 heteroatoms. The van der Waals surface area contributed by atoms with Crippen molar-refractivity contribution in [2.45, 2.75) is 40.2 Å². The highest BCUT2D eigenvalue weighted by Gasteiger charge is 2.26. The van der Waals surface area contributed by atoms with E-state index in [1.807, 2.05) is 6.08 Å². The molecular formula is C18H34N2O. The van der Waals surface area contributed by atoms with Crippen LogP contribution in [0.2, 0.25) is 0 Å². The fourth-order valence-corrected chi connectivity index (χ4v) is 3.05. The van der Waals surface area contributed by atoms with Crippen molar-refractivity contribution in [3.63, 3.8) is 0 Å². The number of rotatable bonds is 8. The fourth-order valence-electron chi connectivity index (χ4n) is 3.05. The van der Waals surface area contributed by atoms with Crippen LogP contribution in [0, 0.1) is 17.8 Å². The van der Waals surface area contributed by atoms with Gasteiger partial charge < -0.3 is 10.1 Å². The van der Waals surface area contributed by atoms with Gasteiger partial charge in [-0.3, -0.25) is 4.90 Å². The van der Waals surface area contributed by atoms with E-state index in [9.17, 15) is 0 Å². The molecule has 1 fully saturated rings. The SMILES string of the molecule is C=CC(/C(=C/C([C@H](C)CC)N1CCNCC1)OC)C(C)C. The highest BCUT2D eigenvalue weighted by Crippen LogP contribution is 2.26. The van der Waals surface area contributed by atoms with E-state index in [1.165, 1.54) is 6.42 Å². The van der Waals surface area contributed by atoms with Crippen LogP contribution in [0.4, 0.5) is 0 Å². The van der Waals surface area contributed by atoms with Crippen molar-refractivity contribution in [2.75, 3.05) is 33.3 Å². The van der Waals surface area contributed by atoms with Crippen molar-refractivity contribution in [3.05, 3.63) is 24.5 Å². The van der Waals surface area contributed by atoms with Gasteiger partial charge in [0.25, 0.3) is 0 Å². The topological polar surface area (TPSA) is 24.5 Å². The lowest BCUT2D eigenvalue weighted by Crippen LogP contribution is -2.50. The van der Waals surface area contributed by atoms with Crippen LogP contribution in [0.5, 0.6) is 0 Å². The first-order valence-electron chi connectivity index (χ1n) is 8.38. The number of piperazine rings is 1. The Labute approximate surface area is 131 Å². The molecule has 1 rings (SSSR count). The fraction of sp³-hybridized carbons (Fsp3) is 0.778. The largest absolute Gasteiger partial charge is 0.501 e. The summed E-state index contributed by atoms with van der Waals surface area (Å²) < 4.78 is 5.73. The molecule has 2 unspecified atom stereocenters. The summed E-state index contributed by atoms with van der Waals surface area (Å²) in [5, 5.41) is 3.44. The Bertz CT molecular complexity index is 332. The van der Waals surface area contributed by atoms with Crippen LogP contribution in [-0.2, 0) is 4.74 Å². The Balaban J connectivity index is 2.99. The monoisotopic (exact) mass is 294 g/mol. The Morgan fingerprint density at radius 2 is 1.90 bits per heavy atom. The molecule has 0 amide bonds. The molecule has 0 aliphatic carbocycles. The van der Waals surface area contributed by atoms with E-state index in [1.54, 1.807) is 7.11 Å². The van der Waals surface area contributed by atoms with Gasteiger partial charge in [-0.2, -0.15) is 0 Å². The second-order valence-electron chi connectivity index (χ2n) is 6.44. The summed E-state index contributed by atoms with van der Waals surface area (Å²) >= 11 is 0. The van der Waals surface area contributed by atoms with E-state index in [4.69, 9.17) is 4.74 Å². The van der Waals surface area contributed by atoms with Gasteiger partial charge in [-0.25, -0.2) is 0 Å². The zero-order valence-electron chi connectivity index (χ0n) is 14.6. The second-order valence-corrected chi connectivity index (χ2v) is 6.44. The van der Waals surface area contributed by atoms with Crippen molar-refractivity contribution in [2.24, 2.45) is 17.8 Å². The average Bonchev–Trinajstić information content (AvgIpc) is 2.51. The highest BCUT2D eigenvalue weighted by atomic mass is 16.5. The zero-order valence-corrected chi connectivity index (χ0v) is 14.6. The molecule has 3 atom stereocenters. The normalized spacial score (nSPS) is 21.9. The van der Waals surface area contributed by atoms with Crippen LogP contribution in [-0.4, -0.2) is 44.2 Å². The standard InChI is InChI=1S/C18H34N2O/c1-7-15(5)17(20-11-9-19-10-12-20)13-18(21-6)16(8-2)14(3)4/h8,13-17,19H,2,7,9-12H2,1,3-6H3/b18-13-/t15-,16?,17?/m1/s1. The maximum absolute atomic E-state index is 5.73. The summed E-state index contributed by atoms with van der Waals surface area (Å²) in [7, 11) is 1.79. The first-order chi connectivity index (χ1) is 10.0. The Morgan fingerprint density at radius 3 is 2.33 bits per heavy atom. The minimum Gasteiger partial charge on any atom is -0.501 e. The molecule has 1 aliphatic heterocycles. The summed E-state index contributed by atoms with van der Waals surface area (Å²) in [5.41, 5.74) is 0. The molecule has 0 aromatic rings. The predicted octanol–water partition coefficient (Wildman–Crippen LogP) is 3.29. The van der Waals surface area contributed by atoms with E-state index < -0.39 is 0 Å². The van der Waals surface area contributed by atoms with Gasteiger partial charge in [-0.1, -0.05) is 40.2 Å². The van der Waals surface area contributed by atoms with Crippen molar-refractivity contribution >= 4 is 0 Å². The summed E-state index contributed by atoms with van der Waals surface area (Å²) in [6, 6.07) is 0.452. The molecule has 1 saturated heterocycles. The highest BCUT2D eigenvalue weighted by molar-refractivity contribution is 5.12. The lowest BCUT2D eigenvalue weighted by Gasteiger charge is -2.37. The molecule has 1 heterocycles. The van der Waals surface area contributed by atoms with Gasteiger partial charge in [0.05, 0.1) is 7.11 Å². The summed E-state index contributed by atoms with van der Waals surface area (Å²) in [4.78, 5) is 2.59. The van der Waals surface area contributed by atoms with E-state index >= 15 is 0 Å². The van der Waals surface area contributed by atoms with Crippen LogP contribution < -0.4 is 5.32 Å². The molecule has 0 aromatic heterocycles. The average molecular weight is 294 g/mol. The van der Waals surface area contributed by atoms with Crippen molar-refractivity contribution in [3.8, 4) is 0 Å². The first kappa shape index (κ1) is 18.2. The molecule has 122 valence electrons. The van der Waals surface area contributed by atoms with Crippen LogP contribution in [0.1, 0.15) is 34.1 Å². The van der Waals surface area contributed by atoms with Crippen LogP contribution in [0.3, 0.4) is 0 Å². The lowest BCUT2D eigenvalue weighted by molar-refractivity contribution is 0.151. The number of ether oxygens (including phenoxy) is 1. The molecule has 1 aliphatic rings. The van der Waals surface area contributed by atoms with Crippen molar-refractivity contribution in [1.82, 2.24) is 10.2 Å². The van der Waals surface area contributed by atoms with E-state index in [0.717, 1.165) is 31.9 Å². The zero-order chi connectivity index (χ0) is 15.8. The van der Waals surface area contributed by atoms with Gasteiger partial charge in [-0.05, 0) is 17.9 Å². The third-order valence-electron chi connectivity index (χ3n) is 4.67. The number of nitrogens with one attached hydrogen (secondary N) is 1. The quantitative estimate of drug-likeness (QED) is 0.549. The Hall–Kier alpha value is -0.800. The van der Waals surface area contributed by atoms with Crippen molar-refractivity contribution in [1.29, 1.82) is 0 Å². The predicted molar refractivity (Wildman–Crippen MR) is 91.3 cm³/mol. The van der Waals surface area contributed by atoms with Gasteiger partial charge in [-0.15, -0.1) is 6.58 Å². The minimum atomic E-state index is 0.296. The van der Waals surface area contributed by atoms with Gasteiger partial charge in [0.1, 0.15) is 5.76 Å².